The maximum absolute atomic E-state index is 6.35. The van der Waals surface area contributed by atoms with Gasteiger partial charge in [0, 0.05) is 17.0 Å². The number of nitrogens with two attached hydrogens (primary N) is 1. The van der Waals surface area contributed by atoms with Crippen LogP contribution in [-0.2, 0) is 5.41 Å². The SMILES string of the molecule is CN1CCCC(CN)(c2ccccc2Cl)CC1. The zero-order chi connectivity index (χ0) is 12.3. The summed E-state index contributed by atoms with van der Waals surface area (Å²) in [4.78, 5) is 2.38. The van der Waals surface area contributed by atoms with E-state index < -0.39 is 0 Å². The minimum atomic E-state index is 0.0725. The van der Waals surface area contributed by atoms with Crippen molar-refractivity contribution in [2.24, 2.45) is 5.73 Å². The molecule has 2 N–H and O–H groups in total. The van der Waals surface area contributed by atoms with Crippen LogP contribution < -0.4 is 5.73 Å². The first-order valence-corrected chi connectivity index (χ1v) is 6.69. The highest BCUT2D eigenvalue weighted by Crippen LogP contribution is 2.38. The van der Waals surface area contributed by atoms with E-state index in [-0.39, 0.29) is 5.41 Å². The molecule has 1 atom stereocenters. The molecule has 1 aromatic rings. The number of halogens is 1. The van der Waals surface area contributed by atoms with Crippen LogP contribution in [0.2, 0.25) is 5.02 Å². The molecule has 94 valence electrons. The molecule has 1 fully saturated rings. The van der Waals surface area contributed by atoms with Crippen molar-refractivity contribution in [1.82, 2.24) is 4.90 Å². The van der Waals surface area contributed by atoms with Gasteiger partial charge in [0.25, 0.3) is 0 Å². The van der Waals surface area contributed by atoms with E-state index in [4.69, 9.17) is 17.3 Å². The normalized spacial score (nSPS) is 26.8. The average molecular weight is 253 g/mol. The zero-order valence-electron chi connectivity index (χ0n) is 10.5. The molecule has 2 nitrogen and oxygen atoms in total. The van der Waals surface area contributed by atoms with Gasteiger partial charge in [-0.05, 0) is 51.0 Å². The van der Waals surface area contributed by atoms with E-state index >= 15 is 0 Å². The Morgan fingerprint density at radius 2 is 2.06 bits per heavy atom. The molecular weight excluding hydrogens is 232 g/mol. The maximum atomic E-state index is 6.35. The maximum Gasteiger partial charge on any atom is 0.0444 e. The summed E-state index contributed by atoms with van der Waals surface area (Å²) in [6.45, 7) is 2.94. The van der Waals surface area contributed by atoms with Crippen LogP contribution in [0.4, 0.5) is 0 Å². The number of likely N-dealkylation sites (tertiary alicyclic amines) is 1. The Bertz CT molecular complexity index is 380. The van der Waals surface area contributed by atoms with Gasteiger partial charge in [-0.25, -0.2) is 0 Å². The lowest BCUT2D eigenvalue weighted by atomic mass is 9.74. The number of nitrogens with zero attached hydrogens (tertiary/aromatic N) is 1. The second kappa shape index (κ2) is 5.38. The fourth-order valence-electron chi connectivity index (χ4n) is 2.80. The molecule has 1 aromatic carbocycles. The quantitative estimate of drug-likeness (QED) is 0.877. The Hall–Kier alpha value is -0.570. The highest BCUT2D eigenvalue weighted by atomic mass is 35.5. The lowest BCUT2D eigenvalue weighted by Gasteiger charge is -2.32. The molecule has 1 unspecified atom stereocenters. The van der Waals surface area contributed by atoms with Crippen LogP contribution >= 0.6 is 11.6 Å². The molecule has 0 amide bonds. The van der Waals surface area contributed by atoms with Gasteiger partial charge in [-0.1, -0.05) is 29.8 Å². The summed E-state index contributed by atoms with van der Waals surface area (Å²) in [7, 11) is 2.18. The number of rotatable bonds is 2. The van der Waals surface area contributed by atoms with Crippen molar-refractivity contribution in [2.75, 3.05) is 26.7 Å². The first-order chi connectivity index (χ1) is 8.18. The third kappa shape index (κ3) is 2.65. The van der Waals surface area contributed by atoms with Gasteiger partial charge in [-0.3, -0.25) is 0 Å². The van der Waals surface area contributed by atoms with Crippen LogP contribution in [0.3, 0.4) is 0 Å². The summed E-state index contributed by atoms with van der Waals surface area (Å²) in [5.74, 6) is 0. The monoisotopic (exact) mass is 252 g/mol. The van der Waals surface area contributed by atoms with E-state index in [1.807, 2.05) is 12.1 Å². The van der Waals surface area contributed by atoms with Crippen molar-refractivity contribution in [1.29, 1.82) is 0 Å². The van der Waals surface area contributed by atoms with Crippen molar-refractivity contribution >= 4 is 11.6 Å². The molecule has 1 aliphatic rings. The van der Waals surface area contributed by atoms with Crippen molar-refractivity contribution in [3.8, 4) is 0 Å². The van der Waals surface area contributed by atoms with E-state index in [0.29, 0.717) is 6.54 Å². The summed E-state index contributed by atoms with van der Waals surface area (Å²) in [5, 5.41) is 0.863. The minimum Gasteiger partial charge on any atom is -0.330 e. The van der Waals surface area contributed by atoms with Gasteiger partial charge in [0.05, 0.1) is 0 Å². The summed E-state index contributed by atoms with van der Waals surface area (Å²) >= 11 is 6.35. The molecule has 3 heteroatoms. The van der Waals surface area contributed by atoms with Gasteiger partial charge >= 0.3 is 0 Å². The lowest BCUT2D eigenvalue weighted by Crippen LogP contribution is -2.36. The minimum absolute atomic E-state index is 0.0725. The summed E-state index contributed by atoms with van der Waals surface area (Å²) in [6.07, 6.45) is 3.43. The fraction of sp³-hybridized carbons (Fsp3) is 0.571. The molecule has 0 radical (unpaired) electrons. The topological polar surface area (TPSA) is 29.3 Å². The lowest BCUT2D eigenvalue weighted by molar-refractivity contribution is 0.329. The molecule has 0 saturated carbocycles. The Morgan fingerprint density at radius 1 is 1.29 bits per heavy atom. The molecular formula is C14H21ClN2. The van der Waals surface area contributed by atoms with Crippen molar-refractivity contribution in [2.45, 2.75) is 24.7 Å². The van der Waals surface area contributed by atoms with Crippen molar-refractivity contribution < 1.29 is 0 Å². The predicted molar refractivity (Wildman–Crippen MR) is 73.5 cm³/mol. The third-order valence-corrected chi connectivity index (χ3v) is 4.33. The molecule has 17 heavy (non-hydrogen) atoms. The molecule has 1 heterocycles. The van der Waals surface area contributed by atoms with Gasteiger partial charge in [0.1, 0.15) is 0 Å². The van der Waals surface area contributed by atoms with Crippen LogP contribution in [-0.4, -0.2) is 31.6 Å². The van der Waals surface area contributed by atoms with Crippen molar-refractivity contribution in [3.63, 3.8) is 0 Å². The third-order valence-electron chi connectivity index (χ3n) is 4.00. The first kappa shape index (κ1) is 12.9. The number of benzene rings is 1. The van der Waals surface area contributed by atoms with Crippen LogP contribution in [0, 0.1) is 0 Å². The Kier molecular flexibility index (Phi) is 4.08. The second-order valence-corrected chi connectivity index (χ2v) is 5.53. The van der Waals surface area contributed by atoms with Crippen molar-refractivity contribution in [3.05, 3.63) is 34.9 Å². The summed E-state index contributed by atoms with van der Waals surface area (Å²) in [6, 6.07) is 8.16. The molecule has 0 aromatic heterocycles. The van der Waals surface area contributed by atoms with E-state index in [2.05, 4.69) is 24.1 Å². The molecule has 0 spiro atoms. The van der Waals surface area contributed by atoms with E-state index in [1.165, 1.54) is 12.0 Å². The smallest absolute Gasteiger partial charge is 0.0444 e. The molecule has 1 saturated heterocycles. The van der Waals surface area contributed by atoms with Gasteiger partial charge in [0.15, 0.2) is 0 Å². The first-order valence-electron chi connectivity index (χ1n) is 6.31. The molecule has 2 rings (SSSR count). The molecule has 1 aliphatic heterocycles. The number of hydrogen-bond acceptors (Lipinski definition) is 2. The van der Waals surface area contributed by atoms with Crippen LogP contribution in [0.1, 0.15) is 24.8 Å². The fourth-order valence-corrected chi connectivity index (χ4v) is 3.14. The summed E-state index contributed by atoms with van der Waals surface area (Å²) in [5.41, 5.74) is 7.39. The van der Waals surface area contributed by atoms with Crippen LogP contribution in [0.5, 0.6) is 0 Å². The van der Waals surface area contributed by atoms with Gasteiger partial charge < -0.3 is 10.6 Å². The molecule has 0 aliphatic carbocycles. The van der Waals surface area contributed by atoms with Gasteiger partial charge in [-0.2, -0.15) is 0 Å². The van der Waals surface area contributed by atoms with E-state index in [0.717, 1.165) is 31.0 Å². The average Bonchev–Trinajstić information content (AvgIpc) is 2.53. The predicted octanol–water partition coefficient (Wildman–Crippen LogP) is 2.65. The van der Waals surface area contributed by atoms with Crippen LogP contribution in [0.25, 0.3) is 0 Å². The van der Waals surface area contributed by atoms with Crippen LogP contribution in [0.15, 0.2) is 24.3 Å². The Balaban J connectivity index is 2.33. The zero-order valence-corrected chi connectivity index (χ0v) is 11.2. The highest BCUT2D eigenvalue weighted by molar-refractivity contribution is 6.31. The standard InChI is InChI=1S/C14H21ClN2/c1-17-9-4-7-14(11-16,8-10-17)12-5-2-3-6-13(12)15/h2-3,5-6H,4,7-11,16H2,1H3. The number of hydrogen-bond donors (Lipinski definition) is 1. The summed E-state index contributed by atoms with van der Waals surface area (Å²) < 4.78 is 0. The van der Waals surface area contributed by atoms with E-state index in [9.17, 15) is 0 Å². The Labute approximate surface area is 109 Å². The Morgan fingerprint density at radius 3 is 2.76 bits per heavy atom. The van der Waals surface area contributed by atoms with E-state index in [1.54, 1.807) is 0 Å². The molecule has 0 bridgehead atoms. The van der Waals surface area contributed by atoms with Gasteiger partial charge in [0.2, 0.25) is 0 Å². The highest BCUT2D eigenvalue weighted by Gasteiger charge is 2.33. The van der Waals surface area contributed by atoms with Gasteiger partial charge in [-0.15, -0.1) is 0 Å². The second-order valence-electron chi connectivity index (χ2n) is 5.12. The largest absolute Gasteiger partial charge is 0.330 e.